The predicted molar refractivity (Wildman–Crippen MR) is 91.9 cm³/mol. The van der Waals surface area contributed by atoms with Crippen molar-refractivity contribution in [1.82, 2.24) is 14.5 Å². The Labute approximate surface area is 143 Å². The lowest BCUT2D eigenvalue weighted by Gasteiger charge is -2.49. The van der Waals surface area contributed by atoms with Gasteiger partial charge in [0.05, 0.1) is 24.4 Å². The van der Waals surface area contributed by atoms with Crippen molar-refractivity contribution in [3.05, 3.63) is 35.9 Å². The van der Waals surface area contributed by atoms with Crippen LogP contribution in [0.4, 0.5) is 0 Å². The lowest BCUT2D eigenvalue weighted by Crippen LogP contribution is -2.61. The molecular formula is C16H25N3O4S. The number of amides is 1. The molecule has 1 aliphatic heterocycles. The van der Waals surface area contributed by atoms with Crippen LogP contribution in [0.2, 0.25) is 0 Å². The zero-order chi connectivity index (χ0) is 18.0. The Balaban J connectivity index is 2.15. The summed E-state index contributed by atoms with van der Waals surface area (Å²) in [6, 6.07) is 9.74. The normalized spacial score (nSPS) is 25.0. The predicted octanol–water partition coefficient (Wildman–Crippen LogP) is -0.414. The van der Waals surface area contributed by atoms with E-state index >= 15 is 0 Å². The summed E-state index contributed by atoms with van der Waals surface area (Å²) in [5.74, 6) is -0.333. The van der Waals surface area contributed by atoms with Gasteiger partial charge in [-0.3, -0.25) is 9.69 Å². The number of likely N-dealkylation sites (tertiary alicyclic amines) is 1. The van der Waals surface area contributed by atoms with Crippen molar-refractivity contribution in [2.75, 3.05) is 40.0 Å². The quantitative estimate of drug-likeness (QED) is 0.749. The molecular weight excluding hydrogens is 330 g/mol. The lowest BCUT2D eigenvalue weighted by molar-refractivity contribution is -0.139. The van der Waals surface area contributed by atoms with E-state index in [1.54, 1.807) is 0 Å². The summed E-state index contributed by atoms with van der Waals surface area (Å²) in [4.78, 5) is 15.7. The first-order chi connectivity index (χ1) is 11.2. The second-order valence-electron chi connectivity index (χ2n) is 6.38. The molecule has 1 heterocycles. The SMILES string of the molecule is CN(C)[C@]1(c2ccccc2)CCN(C(=O)CNS(C)(=O)=O)C[C@H]1O. The number of β-amino-alcohol motifs (C(OH)–C–C–N with tert-alkyl or cyclic N) is 1. The van der Waals surface area contributed by atoms with Crippen LogP contribution in [-0.2, 0) is 20.4 Å². The van der Waals surface area contributed by atoms with E-state index in [2.05, 4.69) is 4.72 Å². The fraction of sp³-hybridized carbons (Fsp3) is 0.562. The summed E-state index contributed by atoms with van der Waals surface area (Å²) in [5, 5.41) is 10.8. The van der Waals surface area contributed by atoms with Crippen LogP contribution in [-0.4, -0.2) is 75.3 Å². The van der Waals surface area contributed by atoms with Crippen molar-refractivity contribution in [3.8, 4) is 0 Å². The summed E-state index contributed by atoms with van der Waals surface area (Å²) in [5.41, 5.74) is 0.436. The van der Waals surface area contributed by atoms with Gasteiger partial charge in [0.25, 0.3) is 0 Å². The van der Waals surface area contributed by atoms with E-state index < -0.39 is 21.7 Å². The van der Waals surface area contributed by atoms with Gasteiger partial charge >= 0.3 is 0 Å². The smallest absolute Gasteiger partial charge is 0.237 e. The largest absolute Gasteiger partial charge is 0.389 e. The maximum absolute atomic E-state index is 12.2. The summed E-state index contributed by atoms with van der Waals surface area (Å²) < 4.78 is 24.4. The fourth-order valence-electron chi connectivity index (χ4n) is 3.30. The second-order valence-corrected chi connectivity index (χ2v) is 8.22. The van der Waals surface area contributed by atoms with Crippen LogP contribution in [0, 0.1) is 0 Å². The van der Waals surface area contributed by atoms with Gasteiger partial charge in [-0.2, -0.15) is 0 Å². The van der Waals surface area contributed by atoms with Gasteiger partial charge in [0.2, 0.25) is 15.9 Å². The fourth-order valence-corrected chi connectivity index (χ4v) is 3.68. The molecule has 0 spiro atoms. The molecule has 1 aliphatic rings. The number of likely N-dealkylation sites (N-methyl/N-ethyl adjacent to an activating group) is 1. The van der Waals surface area contributed by atoms with Crippen molar-refractivity contribution in [3.63, 3.8) is 0 Å². The number of nitrogens with one attached hydrogen (secondary N) is 1. The van der Waals surface area contributed by atoms with Crippen molar-refractivity contribution < 1.29 is 18.3 Å². The zero-order valence-electron chi connectivity index (χ0n) is 14.3. The molecule has 0 bridgehead atoms. The van der Waals surface area contributed by atoms with Gasteiger partial charge < -0.3 is 10.0 Å². The van der Waals surface area contributed by atoms with E-state index in [9.17, 15) is 18.3 Å². The molecule has 1 saturated heterocycles. The molecule has 0 aromatic heterocycles. The molecule has 7 nitrogen and oxygen atoms in total. The Bertz CT molecular complexity index is 678. The number of piperidine rings is 1. The third kappa shape index (κ3) is 3.94. The van der Waals surface area contributed by atoms with Crippen molar-refractivity contribution >= 4 is 15.9 Å². The number of benzene rings is 1. The molecule has 0 saturated carbocycles. The van der Waals surface area contributed by atoms with Crippen molar-refractivity contribution in [1.29, 1.82) is 0 Å². The van der Waals surface area contributed by atoms with Crippen LogP contribution in [0.5, 0.6) is 0 Å². The summed E-state index contributed by atoms with van der Waals surface area (Å²) in [7, 11) is 0.412. The molecule has 2 atom stereocenters. The van der Waals surface area contributed by atoms with Crippen LogP contribution in [0.25, 0.3) is 0 Å². The first-order valence-corrected chi connectivity index (χ1v) is 9.69. The minimum atomic E-state index is -3.42. The molecule has 2 N–H and O–H groups in total. The third-order valence-electron chi connectivity index (χ3n) is 4.62. The van der Waals surface area contributed by atoms with E-state index in [4.69, 9.17) is 0 Å². The van der Waals surface area contributed by atoms with Crippen LogP contribution in [0.15, 0.2) is 30.3 Å². The van der Waals surface area contributed by atoms with Crippen LogP contribution in [0.3, 0.4) is 0 Å². The molecule has 0 unspecified atom stereocenters. The molecule has 134 valence electrons. The molecule has 1 fully saturated rings. The third-order valence-corrected chi connectivity index (χ3v) is 5.29. The van der Waals surface area contributed by atoms with E-state index in [0.29, 0.717) is 13.0 Å². The average molecular weight is 355 g/mol. The first-order valence-electron chi connectivity index (χ1n) is 7.80. The minimum Gasteiger partial charge on any atom is -0.389 e. The standard InChI is InChI=1S/C16H25N3O4S/c1-18(2)16(13-7-5-4-6-8-13)9-10-19(12-14(16)20)15(21)11-17-24(3,22)23/h4-8,14,17,20H,9-12H2,1-3H3/t14-,16+/m1/s1. The maximum atomic E-state index is 12.2. The first kappa shape index (κ1) is 18.9. The van der Waals surface area contributed by atoms with Gasteiger partial charge in [-0.05, 0) is 26.1 Å². The Hall–Kier alpha value is -1.48. The number of sulfonamides is 1. The highest BCUT2D eigenvalue weighted by Gasteiger charge is 2.46. The highest BCUT2D eigenvalue weighted by molar-refractivity contribution is 7.88. The van der Waals surface area contributed by atoms with Crippen LogP contribution in [0.1, 0.15) is 12.0 Å². The van der Waals surface area contributed by atoms with Crippen LogP contribution < -0.4 is 4.72 Å². The van der Waals surface area contributed by atoms with Crippen LogP contribution >= 0.6 is 0 Å². The van der Waals surface area contributed by atoms with Crippen molar-refractivity contribution in [2.45, 2.75) is 18.1 Å². The monoisotopic (exact) mass is 355 g/mol. The topological polar surface area (TPSA) is 90.0 Å². The molecule has 1 aromatic carbocycles. The molecule has 0 aliphatic carbocycles. The summed E-state index contributed by atoms with van der Waals surface area (Å²) in [6.45, 7) is 0.331. The number of aliphatic hydroxyl groups excluding tert-OH is 1. The molecule has 2 rings (SSSR count). The maximum Gasteiger partial charge on any atom is 0.237 e. The second kappa shape index (κ2) is 7.18. The number of hydrogen-bond acceptors (Lipinski definition) is 5. The van der Waals surface area contributed by atoms with E-state index in [-0.39, 0.29) is 19.0 Å². The Morgan fingerprint density at radius 2 is 2.00 bits per heavy atom. The van der Waals surface area contributed by atoms with E-state index in [1.165, 1.54) is 4.90 Å². The Morgan fingerprint density at radius 3 is 2.50 bits per heavy atom. The average Bonchev–Trinajstić information content (AvgIpc) is 2.52. The van der Waals surface area contributed by atoms with E-state index in [1.807, 2.05) is 49.3 Å². The number of nitrogens with zero attached hydrogens (tertiary/aromatic N) is 2. The number of rotatable bonds is 5. The minimum absolute atomic E-state index is 0.164. The van der Waals surface area contributed by atoms with Gasteiger partial charge in [-0.15, -0.1) is 0 Å². The summed E-state index contributed by atoms with van der Waals surface area (Å²) in [6.07, 6.45) is 0.805. The van der Waals surface area contributed by atoms with Crippen molar-refractivity contribution in [2.24, 2.45) is 0 Å². The lowest BCUT2D eigenvalue weighted by atomic mass is 9.77. The van der Waals surface area contributed by atoms with E-state index in [0.717, 1.165) is 11.8 Å². The Kier molecular flexibility index (Phi) is 5.64. The molecule has 1 amide bonds. The van der Waals surface area contributed by atoms with Gasteiger partial charge in [-0.1, -0.05) is 30.3 Å². The molecule has 8 heteroatoms. The zero-order valence-corrected chi connectivity index (χ0v) is 15.1. The summed E-state index contributed by atoms with van der Waals surface area (Å²) >= 11 is 0. The number of carbonyl (C=O) groups is 1. The number of hydrogen-bond donors (Lipinski definition) is 2. The molecule has 24 heavy (non-hydrogen) atoms. The molecule has 0 radical (unpaired) electrons. The van der Waals surface area contributed by atoms with Gasteiger partial charge in [0.15, 0.2) is 0 Å². The molecule has 1 aromatic rings. The van der Waals surface area contributed by atoms with Gasteiger partial charge in [0, 0.05) is 13.1 Å². The highest BCUT2D eigenvalue weighted by Crippen LogP contribution is 2.37. The van der Waals surface area contributed by atoms with Gasteiger partial charge in [0.1, 0.15) is 0 Å². The number of aliphatic hydroxyl groups is 1. The van der Waals surface area contributed by atoms with Gasteiger partial charge in [-0.25, -0.2) is 13.1 Å². The Morgan fingerprint density at radius 1 is 1.38 bits per heavy atom. The number of carbonyl (C=O) groups excluding carboxylic acids is 1. The highest BCUT2D eigenvalue weighted by atomic mass is 32.2.